The van der Waals surface area contributed by atoms with Crippen LogP contribution in [0.3, 0.4) is 0 Å². The number of ether oxygens (including phenoxy) is 2. The fraction of sp³-hybridized carbons (Fsp3) is 0.471. The zero-order valence-electron chi connectivity index (χ0n) is 26.1. The third-order valence-corrected chi connectivity index (χ3v) is 13.8. The van der Waals surface area contributed by atoms with E-state index in [1.54, 1.807) is 7.11 Å². The zero-order valence-corrected chi connectivity index (χ0v) is 27.1. The Morgan fingerprint density at radius 2 is 1.67 bits per heavy atom. The van der Waals surface area contributed by atoms with Gasteiger partial charge in [0.1, 0.15) is 17.2 Å². The second kappa shape index (κ2) is 10.5. The summed E-state index contributed by atoms with van der Waals surface area (Å²) < 4.78 is 26.0. The molecule has 0 saturated heterocycles. The Bertz CT molecular complexity index is 1550. The summed E-state index contributed by atoms with van der Waals surface area (Å²) in [5.74, 6) is 1.31. The molecule has 5 rings (SSSR count). The Hall–Kier alpha value is -3.20. The average molecular weight is 591 g/mol. The van der Waals surface area contributed by atoms with E-state index in [1.807, 2.05) is 44.2 Å². The van der Waals surface area contributed by atoms with Crippen LogP contribution in [-0.4, -0.2) is 32.8 Å². The topological polar surface area (TPSA) is 91.3 Å². The largest absolute Gasteiger partial charge is 0.510 e. The third kappa shape index (κ3) is 4.55. The summed E-state index contributed by atoms with van der Waals surface area (Å²) in [6.45, 7) is 16.4. The van der Waals surface area contributed by atoms with Crippen LogP contribution in [0.1, 0.15) is 104 Å². The first-order valence-electron chi connectivity index (χ1n) is 14.6. The quantitative estimate of drug-likeness (QED) is 0.232. The maximum absolute atomic E-state index is 14.1. The third-order valence-electron chi connectivity index (χ3n) is 8.84. The van der Waals surface area contributed by atoms with Gasteiger partial charge in [0, 0.05) is 21.6 Å². The summed E-state index contributed by atoms with van der Waals surface area (Å²) in [6, 6.07) is 9.59. The van der Waals surface area contributed by atoms with Crippen molar-refractivity contribution >= 4 is 31.4 Å². The molecule has 0 aromatic heterocycles. The number of carbonyl (C=O) groups excluding carboxylic acids is 2. The molecule has 0 spiro atoms. The lowest BCUT2D eigenvalue weighted by Crippen LogP contribution is -2.63. The van der Waals surface area contributed by atoms with E-state index in [0.29, 0.717) is 52.2 Å². The number of fused-ring (bicyclic) bond motifs is 2. The fourth-order valence-electron chi connectivity index (χ4n) is 6.84. The molecule has 3 aromatic rings. The number of aldehydes is 1. The molecule has 2 aliphatic rings. The molecule has 1 heterocycles. The van der Waals surface area contributed by atoms with Crippen LogP contribution < -0.4 is 13.6 Å². The zero-order chi connectivity index (χ0) is 30.8. The summed E-state index contributed by atoms with van der Waals surface area (Å²) in [5.41, 5.74) is 3.89. The molecule has 1 N–H and O–H groups in total. The second-order valence-electron chi connectivity index (χ2n) is 13.7. The molecule has 0 fully saturated rings. The van der Waals surface area contributed by atoms with Crippen molar-refractivity contribution in [2.24, 2.45) is 5.92 Å². The number of benzene rings is 3. The molecule has 8 heteroatoms. The number of methoxy groups -OCH3 is 1. The monoisotopic (exact) mass is 590 g/mol. The van der Waals surface area contributed by atoms with E-state index in [4.69, 9.17) is 18.3 Å². The highest BCUT2D eigenvalue weighted by Crippen LogP contribution is 2.60. The van der Waals surface area contributed by atoms with E-state index in [2.05, 4.69) is 41.5 Å². The molecule has 0 saturated carbocycles. The molecule has 0 amide bonds. The van der Waals surface area contributed by atoms with Gasteiger partial charge in [0.15, 0.2) is 12.1 Å². The van der Waals surface area contributed by atoms with Gasteiger partial charge < -0.3 is 23.4 Å². The first kappa shape index (κ1) is 30.3. The molecular weight excluding hydrogens is 548 g/mol. The summed E-state index contributed by atoms with van der Waals surface area (Å²) in [4.78, 5) is 26.7. The molecule has 0 radical (unpaired) electrons. The number of hydrogen-bond acceptors (Lipinski definition) is 7. The van der Waals surface area contributed by atoms with Crippen molar-refractivity contribution in [2.75, 3.05) is 7.11 Å². The van der Waals surface area contributed by atoms with Crippen LogP contribution in [0, 0.1) is 12.8 Å². The first-order chi connectivity index (χ1) is 19.7. The minimum absolute atomic E-state index is 0.0484. The van der Waals surface area contributed by atoms with E-state index in [1.165, 1.54) is 0 Å². The van der Waals surface area contributed by atoms with Crippen molar-refractivity contribution in [1.82, 2.24) is 0 Å². The van der Waals surface area contributed by atoms with E-state index in [9.17, 15) is 14.7 Å². The minimum Gasteiger partial charge on any atom is -0.510 e. The Kier molecular flexibility index (Phi) is 7.57. The summed E-state index contributed by atoms with van der Waals surface area (Å²) >= 11 is 0. The number of carbonyl (C=O) groups is 2. The number of aryl methyl sites for hydroxylation is 1. The van der Waals surface area contributed by atoms with Gasteiger partial charge in [-0.2, -0.15) is 0 Å². The van der Waals surface area contributed by atoms with Crippen LogP contribution >= 0.6 is 0 Å². The van der Waals surface area contributed by atoms with Gasteiger partial charge in [-0.05, 0) is 53.6 Å². The van der Waals surface area contributed by atoms with E-state index in [0.717, 1.165) is 28.5 Å². The molecular formula is C34H42O7Si. The number of ketones is 1. The van der Waals surface area contributed by atoms with Gasteiger partial charge in [-0.15, -0.1) is 0 Å². The Labute approximate surface area is 249 Å². The van der Waals surface area contributed by atoms with Gasteiger partial charge in [0.25, 0.3) is 0 Å². The SMILES string of the molecule is COc1ccc(CO[C@H]2C[C@H](C)C(=O)c3c2c(CO)c2cc(C)c(C=O)c4c2c3O[Si](C(C)(C)C)(C(C)(C)C)O4)cc1. The molecule has 0 unspecified atom stereocenters. The van der Waals surface area contributed by atoms with Crippen molar-refractivity contribution in [3.05, 3.63) is 63.7 Å². The molecule has 1 aliphatic carbocycles. The Morgan fingerprint density at radius 1 is 1.05 bits per heavy atom. The standard InChI is InChI=1S/C34H42O7Si/c1-19-14-23-25(17-36)27-26(39-18-21-10-12-22(38-9)13-11-21)15-20(2)30(37)29(27)32-28(23)31(24(19)16-35)40-42(41-32,33(3,4)5)34(6,7)8/h10-14,16,20,26,36H,15,17-18H2,1-9H3/t20-,26-/m0/s1. The van der Waals surface area contributed by atoms with Gasteiger partial charge in [-0.1, -0.05) is 60.6 Å². The van der Waals surface area contributed by atoms with Crippen LogP contribution in [-0.2, 0) is 18.0 Å². The minimum atomic E-state index is -3.25. The maximum Gasteiger partial charge on any atom is 0.471 e. The first-order valence-corrected chi connectivity index (χ1v) is 16.4. The number of aliphatic hydroxyl groups is 1. The van der Waals surface area contributed by atoms with Crippen molar-refractivity contribution < 1.29 is 33.0 Å². The number of rotatable bonds is 6. The summed E-state index contributed by atoms with van der Waals surface area (Å²) in [5, 5.41) is 11.3. The second-order valence-corrected chi connectivity index (χ2v) is 18.3. The summed E-state index contributed by atoms with van der Waals surface area (Å²) in [7, 11) is -1.62. The lowest BCUT2D eigenvalue weighted by molar-refractivity contribution is 0.0175. The highest BCUT2D eigenvalue weighted by Gasteiger charge is 2.64. The van der Waals surface area contributed by atoms with Crippen LogP contribution in [0.15, 0.2) is 30.3 Å². The lowest BCUT2D eigenvalue weighted by atomic mass is 9.77. The van der Waals surface area contributed by atoms with Crippen molar-refractivity contribution in [1.29, 1.82) is 0 Å². The van der Waals surface area contributed by atoms with Crippen molar-refractivity contribution in [2.45, 2.75) is 91.2 Å². The molecule has 2 atom stereocenters. The fourth-order valence-corrected chi connectivity index (χ4v) is 11.3. The van der Waals surface area contributed by atoms with E-state index < -0.39 is 24.7 Å². The number of Topliss-reactive ketones (excluding diaryl/α,β-unsaturated/α-hetero) is 1. The van der Waals surface area contributed by atoms with Crippen molar-refractivity contribution in [3.8, 4) is 17.2 Å². The van der Waals surface area contributed by atoms with Gasteiger partial charge in [-0.3, -0.25) is 9.59 Å². The molecule has 7 nitrogen and oxygen atoms in total. The predicted molar refractivity (Wildman–Crippen MR) is 165 cm³/mol. The van der Waals surface area contributed by atoms with Gasteiger partial charge in [-0.25, -0.2) is 0 Å². The Morgan fingerprint density at radius 3 is 2.21 bits per heavy atom. The van der Waals surface area contributed by atoms with Crippen LogP contribution in [0.25, 0.3) is 10.8 Å². The molecule has 3 aromatic carbocycles. The maximum atomic E-state index is 14.1. The normalized spacial score (nSPS) is 19.6. The smallest absolute Gasteiger partial charge is 0.471 e. The van der Waals surface area contributed by atoms with Gasteiger partial charge in [0.2, 0.25) is 0 Å². The van der Waals surface area contributed by atoms with Crippen LogP contribution in [0.2, 0.25) is 10.1 Å². The van der Waals surface area contributed by atoms with Crippen LogP contribution in [0.4, 0.5) is 0 Å². The highest BCUT2D eigenvalue weighted by molar-refractivity contribution is 6.75. The van der Waals surface area contributed by atoms with Crippen molar-refractivity contribution in [3.63, 3.8) is 0 Å². The molecule has 0 bridgehead atoms. The Balaban J connectivity index is 1.81. The highest BCUT2D eigenvalue weighted by atomic mass is 28.4. The molecule has 1 aliphatic heterocycles. The summed E-state index contributed by atoms with van der Waals surface area (Å²) in [6.07, 6.45) is 0.863. The van der Waals surface area contributed by atoms with Gasteiger partial charge >= 0.3 is 8.56 Å². The van der Waals surface area contributed by atoms with E-state index >= 15 is 0 Å². The lowest BCUT2D eigenvalue weighted by Gasteiger charge is -2.51. The van der Waals surface area contributed by atoms with Gasteiger partial charge in [0.05, 0.1) is 42.9 Å². The average Bonchev–Trinajstić information content (AvgIpc) is 2.93. The number of hydrogen-bond donors (Lipinski definition) is 1. The number of aliphatic hydroxyl groups excluding tert-OH is 1. The van der Waals surface area contributed by atoms with E-state index in [-0.39, 0.29) is 18.3 Å². The molecule has 224 valence electrons. The molecule has 42 heavy (non-hydrogen) atoms. The predicted octanol–water partition coefficient (Wildman–Crippen LogP) is 7.76. The van der Waals surface area contributed by atoms with Crippen LogP contribution in [0.5, 0.6) is 17.2 Å².